The molecule has 6 nitrogen and oxygen atoms in total. The molecule has 0 radical (unpaired) electrons. The van der Waals surface area contributed by atoms with E-state index < -0.39 is 11.9 Å². The van der Waals surface area contributed by atoms with Gasteiger partial charge in [0.2, 0.25) is 0 Å². The predicted molar refractivity (Wildman–Crippen MR) is 148 cm³/mol. The van der Waals surface area contributed by atoms with E-state index in [4.69, 9.17) is 19.7 Å². The van der Waals surface area contributed by atoms with Crippen LogP contribution in [0, 0.1) is 5.92 Å². The van der Waals surface area contributed by atoms with Crippen LogP contribution in [0.2, 0.25) is 0 Å². The van der Waals surface area contributed by atoms with Crippen LogP contribution in [0.4, 0.5) is 0 Å². The van der Waals surface area contributed by atoms with Crippen molar-refractivity contribution in [3.05, 3.63) is 35.4 Å². The van der Waals surface area contributed by atoms with Gasteiger partial charge in [-0.1, -0.05) is 69.9 Å². The molecule has 0 bridgehead atoms. The summed E-state index contributed by atoms with van der Waals surface area (Å²) in [5.74, 6) is 0.405. The number of carbonyl (C=O) groups is 2. The van der Waals surface area contributed by atoms with Gasteiger partial charge in [-0.15, -0.1) is 0 Å². The van der Waals surface area contributed by atoms with Crippen LogP contribution in [-0.2, 0) is 11.2 Å². The number of benzene rings is 1. The molecule has 1 aliphatic carbocycles. The third-order valence-corrected chi connectivity index (χ3v) is 7.34. The van der Waals surface area contributed by atoms with Gasteiger partial charge in [0.15, 0.2) is 0 Å². The largest absolute Gasteiger partial charge is 0.495 e. The Labute approximate surface area is 223 Å². The first-order chi connectivity index (χ1) is 17.7. The third-order valence-electron chi connectivity index (χ3n) is 7.34. The van der Waals surface area contributed by atoms with Gasteiger partial charge in [-0.3, -0.25) is 4.79 Å². The number of aliphatic carboxylic acids is 1. The van der Waals surface area contributed by atoms with Crippen molar-refractivity contribution in [1.82, 2.24) is 0 Å². The van der Waals surface area contributed by atoms with Gasteiger partial charge in [-0.2, -0.15) is 0 Å². The van der Waals surface area contributed by atoms with Crippen LogP contribution in [0.5, 0.6) is 11.5 Å². The Morgan fingerprint density at radius 1 is 0.973 bits per heavy atom. The summed E-state index contributed by atoms with van der Waals surface area (Å²) in [6, 6.07) is 3.24. The number of ether oxygens (including phenoxy) is 2. The highest BCUT2D eigenvalue weighted by Gasteiger charge is 2.30. The van der Waals surface area contributed by atoms with Crippen molar-refractivity contribution in [2.45, 2.75) is 122 Å². The molecule has 1 aromatic rings. The van der Waals surface area contributed by atoms with Gasteiger partial charge in [0.1, 0.15) is 22.7 Å². The maximum atomic E-state index is 11.1. The van der Waals surface area contributed by atoms with Crippen LogP contribution < -0.4 is 9.47 Å². The molecule has 6 heteroatoms. The number of fused-ring (bicyclic) bond motifs is 1. The van der Waals surface area contributed by atoms with Crippen LogP contribution in [-0.4, -0.2) is 34.9 Å². The normalized spacial score (nSPS) is 17.3. The van der Waals surface area contributed by atoms with Crippen molar-refractivity contribution in [3.63, 3.8) is 0 Å². The minimum absolute atomic E-state index is 0.189. The second kappa shape index (κ2) is 16.4. The number of carboxylic acid groups (broad SMARTS) is 2. The average Bonchev–Trinajstić information content (AvgIpc) is 3.37. The number of allylic oxidation sites excluding steroid dienone is 2. The van der Waals surface area contributed by atoms with E-state index >= 15 is 0 Å². The summed E-state index contributed by atoms with van der Waals surface area (Å²) in [4.78, 5) is 21.4. The number of methoxy groups -OCH3 is 1. The molecule has 0 saturated heterocycles. The van der Waals surface area contributed by atoms with E-state index in [0.717, 1.165) is 42.9 Å². The zero-order valence-corrected chi connectivity index (χ0v) is 23.2. The molecule has 37 heavy (non-hydrogen) atoms. The van der Waals surface area contributed by atoms with Crippen molar-refractivity contribution in [3.8, 4) is 11.5 Å². The molecule has 2 aliphatic rings. The first-order valence-corrected chi connectivity index (χ1v) is 14.2. The minimum atomic E-state index is -0.977. The number of hydrogen-bond acceptors (Lipinski definition) is 4. The fourth-order valence-corrected chi connectivity index (χ4v) is 5.15. The van der Waals surface area contributed by atoms with Crippen molar-refractivity contribution in [2.24, 2.45) is 5.92 Å². The van der Waals surface area contributed by atoms with Crippen molar-refractivity contribution in [2.75, 3.05) is 7.11 Å². The monoisotopic (exact) mass is 516 g/mol. The molecule has 2 N–H and O–H groups in total. The molecule has 0 aromatic heterocycles. The number of unbranched alkanes of at least 4 members (excludes halogenated alkanes) is 9. The van der Waals surface area contributed by atoms with E-state index in [1.165, 1.54) is 83.8 Å². The number of carboxylic acids is 2. The second-order valence-corrected chi connectivity index (χ2v) is 11.0. The topological polar surface area (TPSA) is 93.1 Å². The molecule has 1 aliphatic heterocycles. The minimum Gasteiger partial charge on any atom is -0.495 e. The Hall–Kier alpha value is -2.50. The van der Waals surface area contributed by atoms with Gasteiger partial charge in [0.05, 0.1) is 7.11 Å². The van der Waals surface area contributed by atoms with E-state index in [1.807, 2.05) is 13.8 Å². The molecule has 1 atom stereocenters. The fraction of sp³-hybridized carbons (Fsp3) is 0.677. The van der Waals surface area contributed by atoms with E-state index in [0.29, 0.717) is 12.2 Å². The average molecular weight is 517 g/mol. The fourth-order valence-electron chi connectivity index (χ4n) is 5.15. The summed E-state index contributed by atoms with van der Waals surface area (Å²) in [5.41, 5.74) is 0.837. The maximum Gasteiger partial charge on any atom is 0.339 e. The van der Waals surface area contributed by atoms with Crippen LogP contribution in [0.1, 0.15) is 126 Å². The van der Waals surface area contributed by atoms with Gasteiger partial charge >= 0.3 is 11.9 Å². The third kappa shape index (κ3) is 11.6. The summed E-state index contributed by atoms with van der Waals surface area (Å²) >= 11 is 0. The van der Waals surface area contributed by atoms with Gasteiger partial charge in [-0.25, -0.2) is 4.79 Å². The van der Waals surface area contributed by atoms with Crippen LogP contribution >= 0.6 is 0 Å². The lowest BCUT2D eigenvalue weighted by atomic mass is 9.92. The zero-order valence-electron chi connectivity index (χ0n) is 23.2. The summed E-state index contributed by atoms with van der Waals surface area (Å²) < 4.78 is 11.0. The smallest absolute Gasteiger partial charge is 0.339 e. The Morgan fingerprint density at radius 2 is 1.59 bits per heavy atom. The highest BCUT2D eigenvalue weighted by Crippen LogP contribution is 2.40. The Morgan fingerprint density at radius 3 is 2.14 bits per heavy atom. The van der Waals surface area contributed by atoms with Gasteiger partial charge in [0, 0.05) is 12.0 Å². The molecular weight excluding hydrogens is 468 g/mol. The first kappa shape index (κ1) is 30.7. The molecule has 0 spiro atoms. The van der Waals surface area contributed by atoms with E-state index in [-0.39, 0.29) is 11.2 Å². The lowest BCUT2D eigenvalue weighted by Gasteiger charge is -2.33. The Balaban J connectivity index is 0.000000263. The molecule has 208 valence electrons. The van der Waals surface area contributed by atoms with E-state index in [1.54, 1.807) is 6.07 Å². The molecule has 0 amide bonds. The number of aromatic carboxylic acids is 1. The lowest BCUT2D eigenvalue weighted by Crippen LogP contribution is -2.32. The Kier molecular flexibility index (Phi) is 13.6. The van der Waals surface area contributed by atoms with Crippen molar-refractivity contribution >= 4 is 11.9 Å². The number of rotatable bonds is 15. The highest BCUT2D eigenvalue weighted by atomic mass is 16.5. The van der Waals surface area contributed by atoms with E-state index in [9.17, 15) is 9.59 Å². The zero-order chi connectivity index (χ0) is 27.1. The van der Waals surface area contributed by atoms with Crippen molar-refractivity contribution in [1.29, 1.82) is 0 Å². The second-order valence-electron chi connectivity index (χ2n) is 11.0. The van der Waals surface area contributed by atoms with E-state index in [2.05, 4.69) is 12.2 Å². The standard InChI is InChI=1S/C18H32O2.C13H16O4/c19-18(20)16-10-8-6-4-2-1-3-5-7-9-13-17-14-11-12-15-17;1-13(2)7-6-8-10(17-13)5-4-9(12(14)15)11(8)16-3/h11,14,17H,1-10,12-13,15-16H2,(H,19,20);4-5H,6-7H2,1-3H3,(H,14,15). The molecular formula is C31H48O6. The number of hydrogen-bond donors (Lipinski definition) is 2. The Bertz CT molecular complexity index is 873. The molecule has 3 rings (SSSR count). The lowest BCUT2D eigenvalue weighted by molar-refractivity contribution is -0.137. The van der Waals surface area contributed by atoms with Crippen LogP contribution in [0.3, 0.4) is 0 Å². The first-order valence-electron chi connectivity index (χ1n) is 14.2. The molecule has 0 saturated carbocycles. The van der Waals surface area contributed by atoms with Crippen LogP contribution in [0.15, 0.2) is 24.3 Å². The van der Waals surface area contributed by atoms with Gasteiger partial charge in [0.25, 0.3) is 0 Å². The quantitative estimate of drug-likeness (QED) is 0.180. The SMILES string of the molecule is COc1c(C(=O)O)ccc2c1CCC(C)(C)O2.O=C(O)CCCCCCCCCCCCC1C=CCC1. The summed E-state index contributed by atoms with van der Waals surface area (Å²) in [5, 5.41) is 17.6. The molecule has 1 heterocycles. The highest BCUT2D eigenvalue weighted by molar-refractivity contribution is 5.92. The molecule has 0 fully saturated rings. The van der Waals surface area contributed by atoms with Crippen LogP contribution in [0.25, 0.3) is 0 Å². The molecule has 1 aromatic carbocycles. The molecule has 1 unspecified atom stereocenters. The van der Waals surface area contributed by atoms with Gasteiger partial charge in [-0.05, 0) is 70.4 Å². The maximum absolute atomic E-state index is 11.1. The summed E-state index contributed by atoms with van der Waals surface area (Å²) in [7, 11) is 1.49. The van der Waals surface area contributed by atoms with Gasteiger partial charge < -0.3 is 19.7 Å². The predicted octanol–water partition coefficient (Wildman–Crippen LogP) is 8.22. The summed E-state index contributed by atoms with van der Waals surface area (Å²) in [6.07, 6.45) is 23.5. The van der Waals surface area contributed by atoms with Crippen molar-refractivity contribution < 1.29 is 29.3 Å². The summed E-state index contributed by atoms with van der Waals surface area (Å²) in [6.45, 7) is 4.04.